The number of nitrogens with one attached hydrogen (secondary N) is 1. The van der Waals surface area contributed by atoms with Crippen LogP contribution in [0.4, 0.5) is 5.69 Å². The van der Waals surface area contributed by atoms with Crippen molar-refractivity contribution in [3.8, 4) is 0 Å². The first-order valence-electron chi connectivity index (χ1n) is 8.18. The number of hydrogen-bond acceptors (Lipinski definition) is 3. The molecule has 1 heterocycles. The summed E-state index contributed by atoms with van der Waals surface area (Å²) in [6.07, 6.45) is 1.77. The van der Waals surface area contributed by atoms with Crippen molar-refractivity contribution >= 4 is 11.6 Å². The van der Waals surface area contributed by atoms with Crippen LogP contribution >= 0.6 is 0 Å². The first-order valence-corrected chi connectivity index (χ1v) is 8.18. The molecule has 3 atom stereocenters. The van der Waals surface area contributed by atoms with Crippen LogP contribution in [0.3, 0.4) is 0 Å². The molecule has 1 saturated heterocycles. The Morgan fingerprint density at radius 2 is 1.91 bits per heavy atom. The highest BCUT2D eigenvalue weighted by atomic mass is 16.3. The van der Waals surface area contributed by atoms with Crippen molar-refractivity contribution in [3.63, 3.8) is 0 Å². The average Bonchev–Trinajstić information content (AvgIpc) is 2.45. The molecule has 0 aliphatic carbocycles. The van der Waals surface area contributed by atoms with Crippen LogP contribution in [0.15, 0.2) is 18.2 Å². The lowest BCUT2D eigenvalue weighted by Gasteiger charge is -2.37. The van der Waals surface area contributed by atoms with Crippen molar-refractivity contribution in [2.75, 3.05) is 18.4 Å². The average molecular weight is 304 g/mol. The molecule has 122 valence electrons. The van der Waals surface area contributed by atoms with Crippen LogP contribution in [0.2, 0.25) is 0 Å². The zero-order valence-electron chi connectivity index (χ0n) is 14.1. The summed E-state index contributed by atoms with van der Waals surface area (Å²) < 4.78 is 0. The number of likely N-dealkylation sites (tertiary alicyclic amines) is 1. The normalized spacial score (nSPS) is 22.1. The summed E-state index contributed by atoms with van der Waals surface area (Å²) in [5.41, 5.74) is 3.16. The Kier molecular flexibility index (Phi) is 5.59. The molecule has 0 radical (unpaired) electrons. The Labute approximate surface area is 133 Å². The van der Waals surface area contributed by atoms with Crippen molar-refractivity contribution in [1.82, 2.24) is 4.90 Å². The van der Waals surface area contributed by atoms with E-state index in [1.807, 2.05) is 39.8 Å². The van der Waals surface area contributed by atoms with Gasteiger partial charge >= 0.3 is 0 Å². The summed E-state index contributed by atoms with van der Waals surface area (Å²) in [6, 6.07) is 5.90. The number of carbonyl (C=O) groups is 1. The Bertz CT molecular complexity index is 508. The molecule has 1 aliphatic rings. The Morgan fingerprint density at radius 3 is 2.50 bits per heavy atom. The van der Waals surface area contributed by atoms with Crippen molar-refractivity contribution in [3.05, 3.63) is 29.3 Å². The Morgan fingerprint density at radius 1 is 1.27 bits per heavy atom. The van der Waals surface area contributed by atoms with E-state index in [1.54, 1.807) is 0 Å². The number of amides is 1. The number of benzene rings is 1. The molecule has 0 saturated carbocycles. The molecule has 0 spiro atoms. The third-order valence-electron chi connectivity index (χ3n) is 4.59. The van der Waals surface area contributed by atoms with E-state index in [1.165, 1.54) is 0 Å². The van der Waals surface area contributed by atoms with Gasteiger partial charge in [0.15, 0.2) is 0 Å². The van der Waals surface area contributed by atoms with Gasteiger partial charge in [-0.25, -0.2) is 0 Å². The van der Waals surface area contributed by atoms with Crippen LogP contribution in [-0.4, -0.2) is 41.1 Å². The molecule has 1 aromatic rings. The summed E-state index contributed by atoms with van der Waals surface area (Å²) in [7, 11) is 0. The molecule has 0 aromatic heterocycles. The van der Waals surface area contributed by atoms with Crippen LogP contribution in [-0.2, 0) is 4.79 Å². The maximum Gasteiger partial charge on any atom is 0.241 e. The number of aryl methyl sites for hydroxylation is 2. The molecule has 2 N–H and O–H groups in total. The van der Waals surface area contributed by atoms with E-state index < -0.39 is 0 Å². The van der Waals surface area contributed by atoms with Crippen LogP contribution in [0.25, 0.3) is 0 Å². The molecule has 1 aliphatic heterocycles. The van der Waals surface area contributed by atoms with Crippen molar-refractivity contribution in [2.24, 2.45) is 5.92 Å². The lowest BCUT2D eigenvalue weighted by molar-refractivity contribution is -0.121. The summed E-state index contributed by atoms with van der Waals surface area (Å²) in [5, 5.41) is 12.8. The lowest BCUT2D eigenvalue weighted by atomic mass is 9.92. The molecule has 4 nitrogen and oxygen atoms in total. The third-order valence-corrected chi connectivity index (χ3v) is 4.59. The quantitative estimate of drug-likeness (QED) is 0.899. The van der Waals surface area contributed by atoms with E-state index >= 15 is 0 Å². The maximum absolute atomic E-state index is 12.5. The summed E-state index contributed by atoms with van der Waals surface area (Å²) in [5.74, 6) is 0.293. The number of carbonyl (C=O) groups excluding carboxylic acids is 1. The fraction of sp³-hybridized carbons (Fsp3) is 0.611. The largest absolute Gasteiger partial charge is 0.393 e. The number of aliphatic hydroxyl groups is 1. The van der Waals surface area contributed by atoms with E-state index in [4.69, 9.17) is 0 Å². The monoisotopic (exact) mass is 304 g/mol. The first-order chi connectivity index (χ1) is 10.4. The summed E-state index contributed by atoms with van der Waals surface area (Å²) >= 11 is 0. The number of anilines is 1. The minimum absolute atomic E-state index is 0.0243. The van der Waals surface area contributed by atoms with E-state index in [0.29, 0.717) is 0 Å². The number of hydrogen-bond donors (Lipinski definition) is 2. The zero-order chi connectivity index (χ0) is 16.3. The zero-order valence-corrected chi connectivity index (χ0v) is 14.1. The molecular formula is C18H28N2O2. The number of aliphatic hydroxyl groups excluding tert-OH is 1. The molecule has 1 fully saturated rings. The van der Waals surface area contributed by atoms with Gasteiger partial charge in [0.05, 0.1) is 12.1 Å². The van der Waals surface area contributed by atoms with Gasteiger partial charge in [0, 0.05) is 12.2 Å². The minimum Gasteiger partial charge on any atom is -0.393 e. The second-order valence-corrected chi connectivity index (χ2v) is 6.68. The van der Waals surface area contributed by atoms with Crippen LogP contribution in [0, 0.1) is 19.8 Å². The second-order valence-electron chi connectivity index (χ2n) is 6.68. The summed E-state index contributed by atoms with van der Waals surface area (Å²) in [6.45, 7) is 9.56. The van der Waals surface area contributed by atoms with Gasteiger partial charge in [0.2, 0.25) is 5.91 Å². The van der Waals surface area contributed by atoms with Crippen LogP contribution in [0.1, 0.15) is 37.8 Å². The molecule has 0 bridgehead atoms. The smallest absolute Gasteiger partial charge is 0.241 e. The van der Waals surface area contributed by atoms with E-state index in [0.717, 1.165) is 42.7 Å². The van der Waals surface area contributed by atoms with E-state index in [9.17, 15) is 9.90 Å². The minimum atomic E-state index is -0.308. The molecule has 4 heteroatoms. The number of piperidine rings is 1. The summed E-state index contributed by atoms with van der Waals surface area (Å²) in [4.78, 5) is 14.7. The predicted molar refractivity (Wildman–Crippen MR) is 90.0 cm³/mol. The Balaban J connectivity index is 1.99. The van der Waals surface area contributed by atoms with Gasteiger partial charge in [-0.05, 0) is 76.3 Å². The van der Waals surface area contributed by atoms with E-state index in [-0.39, 0.29) is 24.0 Å². The highest BCUT2D eigenvalue weighted by Gasteiger charge is 2.29. The molecule has 1 amide bonds. The number of nitrogens with zero attached hydrogens (tertiary/aromatic N) is 1. The van der Waals surface area contributed by atoms with E-state index in [2.05, 4.69) is 16.3 Å². The Hall–Kier alpha value is -1.39. The molecule has 2 rings (SSSR count). The van der Waals surface area contributed by atoms with Crippen molar-refractivity contribution in [2.45, 2.75) is 52.7 Å². The van der Waals surface area contributed by atoms with Gasteiger partial charge < -0.3 is 10.4 Å². The highest BCUT2D eigenvalue weighted by molar-refractivity contribution is 5.94. The molecular weight excluding hydrogens is 276 g/mol. The first kappa shape index (κ1) is 17.0. The fourth-order valence-corrected chi connectivity index (χ4v) is 3.25. The van der Waals surface area contributed by atoms with Gasteiger partial charge in [-0.3, -0.25) is 9.69 Å². The maximum atomic E-state index is 12.5. The number of rotatable bonds is 4. The van der Waals surface area contributed by atoms with Gasteiger partial charge in [0.1, 0.15) is 0 Å². The van der Waals surface area contributed by atoms with Crippen LogP contribution in [0.5, 0.6) is 0 Å². The molecule has 22 heavy (non-hydrogen) atoms. The van der Waals surface area contributed by atoms with Gasteiger partial charge in [0.25, 0.3) is 0 Å². The predicted octanol–water partition coefficient (Wildman–Crippen LogP) is 2.72. The van der Waals surface area contributed by atoms with Gasteiger partial charge in [-0.2, -0.15) is 0 Å². The standard InChI is InChI=1S/C18H28N2O2/c1-12-8-13(2)10-17(9-12)19-18(22)14(3)20-7-5-6-16(11-20)15(4)21/h8-10,14-16,21H,5-7,11H2,1-4H3,(H,19,22). The lowest BCUT2D eigenvalue weighted by Crippen LogP contribution is -2.48. The van der Waals surface area contributed by atoms with Crippen molar-refractivity contribution in [1.29, 1.82) is 0 Å². The fourth-order valence-electron chi connectivity index (χ4n) is 3.25. The second kappa shape index (κ2) is 7.25. The topological polar surface area (TPSA) is 52.6 Å². The van der Waals surface area contributed by atoms with Crippen LogP contribution < -0.4 is 5.32 Å². The van der Waals surface area contributed by atoms with Gasteiger partial charge in [-0.1, -0.05) is 6.07 Å². The van der Waals surface area contributed by atoms with Crippen molar-refractivity contribution < 1.29 is 9.90 Å². The molecule has 1 aromatic carbocycles. The highest BCUT2D eigenvalue weighted by Crippen LogP contribution is 2.22. The SMILES string of the molecule is Cc1cc(C)cc(NC(=O)C(C)N2CCCC(C(C)O)C2)c1. The molecule has 3 unspecified atom stereocenters. The van der Waals surface area contributed by atoms with Gasteiger partial charge in [-0.15, -0.1) is 0 Å². The third kappa shape index (κ3) is 4.31.